The molecule has 0 unspecified atom stereocenters. The average molecular weight is 379 g/mol. The lowest BCUT2D eigenvalue weighted by atomic mass is 10.1. The van der Waals surface area contributed by atoms with Gasteiger partial charge < -0.3 is 25.0 Å². The topological polar surface area (TPSA) is 58.1 Å². The van der Waals surface area contributed by atoms with Crippen molar-refractivity contribution in [1.29, 1.82) is 0 Å². The van der Waals surface area contributed by atoms with E-state index in [1.807, 2.05) is 18.2 Å². The van der Waals surface area contributed by atoms with Gasteiger partial charge in [-0.25, -0.2) is 4.99 Å². The number of nitrogens with zero attached hydrogens (tertiary/aromatic N) is 2. The first-order chi connectivity index (χ1) is 12.9. The first-order valence-corrected chi connectivity index (χ1v) is 9.82. The van der Waals surface area contributed by atoms with E-state index < -0.39 is 0 Å². The molecular formula is C21H38N4O2. The third-order valence-corrected chi connectivity index (χ3v) is 3.83. The SMILES string of the molecule is CCNC(=NCc1ccccc1OC(C)(C)C)NCCCN(C)CCOC. The predicted molar refractivity (Wildman–Crippen MR) is 114 cm³/mol. The van der Waals surface area contributed by atoms with Gasteiger partial charge in [0.2, 0.25) is 0 Å². The van der Waals surface area contributed by atoms with Crippen molar-refractivity contribution in [3.8, 4) is 5.75 Å². The number of guanidine groups is 1. The lowest BCUT2D eigenvalue weighted by molar-refractivity contribution is 0.129. The Morgan fingerprint density at radius 1 is 1.15 bits per heavy atom. The van der Waals surface area contributed by atoms with Gasteiger partial charge >= 0.3 is 0 Å². The zero-order valence-electron chi connectivity index (χ0n) is 18.0. The minimum atomic E-state index is -0.225. The molecule has 0 fully saturated rings. The molecule has 0 spiro atoms. The second-order valence-electron chi connectivity index (χ2n) is 7.59. The van der Waals surface area contributed by atoms with Crippen LogP contribution >= 0.6 is 0 Å². The maximum atomic E-state index is 6.06. The summed E-state index contributed by atoms with van der Waals surface area (Å²) in [6.07, 6.45) is 1.05. The molecule has 6 heteroatoms. The summed E-state index contributed by atoms with van der Waals surface area (Å²) in [6.45, 7) is 13.3. The number of likely N-dealkylation sites (N-methyl/N-ethyl adjacent to an activating group) is 1. The predicted octanol–water partition coefficient (Wildman–Crippen LogP) is 2.89. The first-order valence-electron chi connectivity index (χ1n) is 9.82. The molecule has 0 amide bonds. The van der Waals surface area contributed by atoms with Gasteiger partial charge in [0.25, 0.3) is 0 Å². The number of rotatable bonds is 11. The van der Waals surface area contributed by atoms with Gasteiger partial charge in [-0.3, -0.25) is 0 Å². The molecule has 0 aliphatic rings. The summed E-state index contributed by atoms with van der Waals surface area (Å²) in [4.78, 5) is 6.99. The Hall–Kier alpha value is -1.79. The number of para-hydroxylation sites is 1. The highest BCUT2D eigenvalue weighted by molar-refractivity contribution is 5.79. The fraction of sp³-hybridized carbons (Fsp3) is 0.667. The Kier molecular flexibility index (Phi) is 10.8. The van der Waals surface area contributed by atoms with Crippen LogP contribution in [0.25, 0.3) is 0 Å². The molecule has 1 aromatic carbocycles. The van der Waals surface area contributed by atoms with E-state index in [1.54, 1.807) is 7.11 Å². The van der Waals surface area contributed by atoms with Crippen LogP contribution in [0, 0.1) is 0 Å². The van der Waals surface area contributed by atoms with Crippen molar-refractivity contribution in [3.63, 3.8) is 0 Å². The van der Waals surface area contributed by atoms with Gasteiger partial charge in [-0.1, -0.05) is 18.2 Å². The van der Waals surface area contributed by atoms with E-state index in [2.05, 4.69) is 56.3 Å². The quantitative estimate of drug-likeness (QED) is 0.352. The van der Waals surface area contributed by atoms with Crippen molar-refractivity contribution in [2.75, 3.05) is 46.9 Å². The molecule has 6 nitrogen and oxygen atoms in total. The van der Waals surface area contributed by atoms with Gasteiger partial charge in [-0.15, -0.1) is 0 Å². The van der Waals surface area contributed by atoms with Crippen molar-refractivity contribution >= 4 is 5.96 Å². The van der Waals surface area contributed by atoms with Crippen LogP contribution in [0.1, 0.15) is 39.7 Å². The van der Waals surface area contributed by atoms with Crippen molar-refractivity contribution in [3.05, 3.63) is 29.8 Å². The molecule has 1 aromatic rings. The van der Waals surface area contributed by atoms with Gasteiger partial charge in [0.15, 0.2) is 5.96 Å². The van der Waals surface area contributed by atoms with Crippen LogP contribution in [0.4, 0.5) is 0 Å². The van der Waals surface area contributed by atoms with Crippen molar-refractivity contribution in [2.45, 2.75) is 46.3 Å². The van der Waals surface area contributed by atoms with E-state index in [0.29, 0.717) is 6.54 Å². The molecule has 0 radical (unpaired) electrons. The van der Waals surface area contributed by atoms with Crippen LogP contribution in [-0.2, 0) is 11.3 Å². The van der Waals surface area contributed by atoms with Crippen molar-refractivity contribution in [2.24, 2.45) is 4.99 Å². The summed E-state index contributed by atoms with van der Waals surface area (Å²) in [7, 11) is 3.85. The van der Waals surface area contributed by atoms with Gasteiger partial charge in [0.05, 0.1) is 13.2 Å². The molecule has 0 saturated carbocycles. The molecule has 0 saturated heterocycles. The zero-order valence-corrected chi connectivity index (χ0v) is 18.0. The van der Waals surface area contributed by atoms with E-state index >= 15 is 0 Å². The highest BCUT2D eigenvalue weighted by atomic mass is 16.5. The number of hydrogen-bond donors (Lipinski definition) is 2. The van der Waals surface area contributed by atoms with Crippen LogP contribution in [-0.4, -0.2) is 63.4 Å². The van der Waals surface area contributed by atoms with Crippen LogP contribution < -0.4 is 15.4 Å². The smallest absolute Gasteiger partial charge is 0.191 e. The second kappa shape index (κ2) is 12.6. The molecule has 154 valence electrons. The minimum absolute atomic E-state index is 0.225. The fourth-order valence-electron chi connectivity index (χ4n) is 2.48. The average Bonchev–Trinajstić information content (AvgIpc) is 2.61. The van der Waals surface area contributed by atoms with E-state index in [-0.39, 0.29) is 5.60 Å². The Bertz CT molecular complexity index is 555. The van der Waals surface area contributed by atoms with Crippen LogP contribution in [0.5, 0.6) is 5.75 Å². The van der Waals surface area contributed by atoms with E-state index in [4.69, 9.17) is 14.5 Å². The maximum Gasteiger partial charge on any atom is 0.191 e. The van der Waals surface area contributed by atoms with E-state index in [0.717, 1.165) is 56.5 Å². The summed E-state index contributed by atoms with van der Waals surface area (Å²) >= 11 is 0. The molecule has 2 N–H and O–H groups in total. The van der Waals surface area contributed by atoms with Crippen molar-refractivity contribution in [1.82, 2.24) is 15.5 Å². The third-order valence-electron chi connectivity index (χ3n) is 3.83. The summed E-state index contributed by atoms with van der Waals surface area (Å²) in [5.41, 5.74) is 0.862. The zero-order chi connectivity index (χ0) is 20.1. The lowest BCUT2D eigenvalue weighted by Crippen LogP contribution is -2.38. The minimum Gasteiger partial charge on any atom is -0.488 e. The largest absolute Gasteiger partial charge is 0.488 e. The summed E-state index contributed by atoms with van der Waals surface area (Å²) in [5.74, 6) is 1.73. The first kappa shape index (κ1) is 23.2. The Labute approximate surface area is 165 Å². The molecule has 27 heavy (non-hydrogen) atoms. The number of benzene rings is 1. The highest BCUT2D eigenvalue weighted by Gasteiger charge is 2.14. The highest BCUT2D eigenvalue weighted by Crippen LogP contribution is 2.23. The molecule has 0 aromatic heterocycles. The summed E-state index contributed by atoms with van der Waals surface area (Å²) in [5, 5.41) is 6.72. The third kappa shape index (κ3) is 10.8. The number of aliphatic imine (C=N–C) groups is 1. The number of hydrogen-bond acceptors (Lipinski definition) is 4. The number of methoxy groups -OCH3 is 1. The van der Waals surface area contributed by atoms with Crippen LogP contribution in [0.3, 0.4) is 0 Å². The standard InChI is InChI=1S/C21H38N4O2/c1-7-22-20(23-13-10-14-25(5)15-16-26-6)24-17-18-11-8-9-12-19(18)27-21(2,3)4/h8-9,11-12H,7,10,13-17H2,1-6H3,(H2,22,23,24). The van der Waals surface area contributed by atoms with Gasteiger partial charge in [-0.05, 0) is 53.8 Å². The molecule has 0 bridgehead atoms. The monoisotopic (exact) mass is 378 g/mol. The van der Waals surface area contributed by atoms with E-state index in [1.165, 1.54) is 0 Å². The van der Waals surface area contributed by atoms with Crippen LogP contribution in [0.2, 0.25) is 0 Å². The summed E-state index contributed by atoms with van der Waals surface area (Å²) < 4.78 is 11.2. The van der Waals surface area contributed by atoms with Crippen molar-refractivity contribution < 1.29 is 9.47 Å². The molecule has 0 heterocycles. The molecule has 1 rings (SSSR count). The second-order valence-corrected chi connectivity index (χ2v) is 7.59. The number of ether oxygens (including phenoxy) is 2. The molecule has 0 aliphatic carbocycles. The molecule has 0 aliphatic heterocycles. The normalized spacial score (nSPS) is 12.3. The fourth-order valence-corrected chi connectivity index (χ4v) is 2.48. The Balaban J connectivity index is 2.56. The van der Waals surface area contributed by atoms with Gasteiger partial charge in [-0.2, -0.15) is 0 Å². The lowest BCUT2D eigenvalue weighted by Gasteiger charge is -2.23. The maximum absolute atomic E-state index is 6.06. The van der Waals surface area contributed by atoms with Crippen LogP contribution in [0.15, 0.2) is 29.3 Å². The van der Waals surface area contributed by atoms with Gasteiger partial charge in [0.1, 0.15) is 11.4 Å². The molecular weight excluding hydrogens is 340 g/mol. The molecule has 0 atom stereocenters. The van der Waals surface area contributed by atoms with E-state index in [9.17, 15) is 0 Å². The summed E-state index contributed by atoms with van der Waals surface area (Å²) in [6, 6.07) is 8.10. The van der Waals surface area contributed by atoms with Gasteiger partial charge in [0, 0.05) is 32.3 Å². The Morgan fingerprint density at radius 3 is 2.56 bits per heavy atom. The number of nitrogens with one attached hydrogen (secondary N) is 2. The Morgan fingerprint density at radius 2 is 1.89 bits per heavy atom.